The molecule has 5 aromatic heterocycles. The van der Waals surface area contributed by atoms with E-state index in [0.29, 0.717) is 34.4 Å². The molecule has 6 rings (SSSR count). The maximum atomic E-state index is 13.8. The molecule has 0 radical (unpaired) electrons. The van der Waals surface area contributed by atoms with Crippen molar-refractivity contribution in [3.05, 3.63) is 57.7 Å². The van der Waals surface area contributed by atoms with E-state index in [0.717, 1.165) is 18.3 Å². The summed E-state index contributed by atoms with van der Waals surface area (Å²) in [5, 5.41) is 10.3. The maximum Gasteiger partial charge on any atom is 0.433 e. The minimum atomic E-state index is -4.85. The van der Waals surface area contributed by atoms with Crippen LogP contribution in [-0.4, -0.2) is 41.2 Å². The Balaban J connectivity index is 1.55. The first-order valence-electron chi connectivity index (χ1n) is 12.3. The lowest BCUT2D eigenvalue weighted by Crippen LogP contribution is -2.18. The monoisotopic (exact) mass is 608 g/mol. The summed E-state index contributed by atoms with van der Waals surface area (Å²) in [6.07, 6.45) is -6.15. The van der Waals surface area contributed by atoms with Crippen LogP contribution in [0.1, 0.15) is 61.6 Å². The number of aryl methyl sites for hydroxylation is 1. The molecule has 10 nitrogen and oxygen atoms in total. The number of alkyl halides is 6. The summed E-state index contributed by atoms with van der Waals surface area (Å²) in [6.45, 7) is 1.61. The number of amides is 2. The van der Waals surface area contributed by atoms with Crippen LogP contribution in [0.4, 0.5) is 32.0 Å². The topological polar surface area (TPSA) is 133 Å². The molecule has 1 aliphatic carbocycles. The van der Waals surface area contributed by atoms with Crippen LogP contribution in [-0.2, 0) is 19.4 Å². The summed E-state index contributed by atoms with van der Waals surface area (Å²) in [5.41, 5.74) is 3.05. The Labute approximate surface area is 235 Å². The largest absolute Gasteiger partial charge is 0.433 e. The van der Waals surface area contributed by atoms with Crippen molar-refractivity contribution < 1.29 is 35.9 Å². The number of hydrogen-bond acceptors (Lipinski definition) is 7. The molecule has 1 aliphatic rings. The molecule has 5 heterocycles. The molecule has 218 valence electrons. The number of primary amides is 1. The van der Waals surface area contributed by atoms with Gasteiger partial charge in [0.2, 0.25) is 0 Å². The highest BCUT2D eigenvalue weighted by Crippen LogP contribution is 2.45. The molecule has 0 spiro atoms. The third-order valence-corrected chi connectivity index (χ3v) is 8.06. The Bertz CT molecular complexity index is 1930. The third-order valence-electron chi connectivity index (χ3n) is 6.96. The minimum Gasteiger partial charge on any atom is -0.365 e. The highest BCUT2D eigenvalue weighted by molar-refractivity contribution is 7.21. The van der Waals surface area contributed by atoms with Gasteiger partial charge in [-0.1, -0.05) is 0 Å². The fourth-order valence-electron chi connectivity index (χ4n) is 4.62. The van der Waals surface area contributed by atoms with Gasteiger partial charge in [0.25, 0.3) is 11.8 Å². The number of nitrogens with two attached hydrogens (primary N) is 1. The van der Waals surface area contributed by atoms with E-state index in [1.165, 1.54) is 10.9 Å². The number of nitrogens with one attached hydrogen (secondary N) is 1. The summed E-state index contributed by atoms with van der Waals surface area (Å²) < 4.78 is 84.8. The molecule has 0 aromatic carbocycles. The number of nitrogens with zero attached hydrogens (tertiary/aromatic N) is 6. The molecule has 3 N–H and O–H groups in total. The second-order valence-electron chi connectivity index (χ2n) is 9.76. The van der Waals surface area contributed by atoms with Gasteiger partial charge >= 0.3 is 12.4 Å². The molecule has 1 fully saturated rings. The Morgan fingerprint density at radius 1 is 1.02 bits per heavy atom. The van der Waals surface area contributed by atoms with E-state index in [-0.39, 0.29) is 54.7 Å². The second-order valence-corrected chi connectivity index (χ2v) is 10.8. The van der Waals surface area contributed by atoms with Gasteiger partial charge in [-0.05, 0) is 37.5 Å². The number of fused-ring (bicyclic) bond motifs is 2. The predicted molar refractivity (Wildman–Crippen MR) is 138 cm³/mol. The zero-order chi connectivity index (χ0) is 30.3. The first kappa shape index (κ1) is 27.6. The molecule has 0 atom stereocenters. The number of hydrogen-bond donors (Lipinski definition) is 2. The van der Waals surface area contributed by atoms with E-state index < -0.39 is 35.6 Å². The molecule has 2 amide bonds. The predicted octanol–water partition coefficient (Wildman–Crippen LogP) is 5.31. The van der Waals surface area contributed by atoms with Crippen LogP contribution < -0.4 is 11.1 Å². The van der Waals surface area contributed by atoms with E-state index >= 15 is 0 Å². The van der Waals surface area contributed by atoms with Crippen LogP contribution in [0.2, 0.25) is 0 Å². The second kappa shape index (κ2) is 9.23. The van der Waals surface area contributed by atoms with Crippen LogP contribution in [0, 0.1) is 6.92 Å². The fourth-order valence-corrected chi connectivity index (χ4v) is 5.63. The number of thiophene rings is 1. The maximum absolute atomic E-state index is 13.8. The van der Waals surface area contributed by atoms with Crippen molar-refractivity contribution in [3.63, 3.8) is 0 Å². The van der Waals surface area contributed by atoms with Gasteiger partial charge in [0.1, 0.15) is 26.7 Å². The summed E-state index contributed by atoms with van der Waals surface area (Å²) in [7, 11) is 1.58. The van der Waals surface area contributed by atoms with Crippen LogP contribution >= 0.6 is 11.3 Å². The molecule has 0 aliphatic heterocycles. The number of halogens is 6. The zero-order valence-electron chi connectivity index (χ0n) is 21.6. The number of anilines is 1. The Morgan fingerprint density at radius 3 is 2.31 bits per heavy atom. The normalized spacial score (nSPS) is 14.2. The number of carbonyl (C=O) groups is 2. The van der Waals surface area contributed by atoms with Gasteiger partial charge in [0.05, 0.1) is 18.1 Å². The number of aromatic nitrogens is 6. The van der Waals surface area contributed by atoms with E-state index in [4.69, 9.17) is 5.73 Å². The van der Waals surface area contributed by atoms with Crippen molar-refractivity contribution in [2.45, 2.75) is 38.0 Å². The zero-order valence-corrected chi connectivity index (χ0v) is 22.4. The fraction of sp³-hybridized carbons (Fsp3) is 0.280. The lowest BCUT2D eigenvalue weighted by molar-refractivity contribution is -0.143. The van der Waals surface area contributed by atoms with Gasteiger partial charge in [-0.2, -0.15) is 36.5 Å². The molecule has 0 saturated heterocycles. The molecule has 0 unspecified atom stereocenters. The van der Waals surface area contributed by atoms with Crippen molar-refractivity contribution >= 4 is 44.7 Å². The van der Waals surface area contributed by atoms with Gasteiger partial charge in [0, 0.05) is 35.3 Å². The van der Waals surface area contributed by atoms with Gasteiger partial charge in [0.15, 0.2) is 5.65 Å². The molecule has 0 bridgehead atoms. The average molecular weight is 609 g/mol. The number of pyridine rings is 1. The highest BCUT2D eigenvalue weighted by atomic mass is 32.1. The first-order chi connectivity index (χ1) is 19.6. The van der Waals surface area contributed by atoms with E-state index in [1.807, 2.05) is 0 Å². The molecule has 5 aromatic rings. The van der Waals surface area contributed by atoms with Crippen molar-refractivity contribution in [1.82, 2.24) is 29.4 Å². The molecular formula is C25H18F6N8O2S. The van der Waals surface area contributed by atoms with Gasteiger partial charge in [-0.3, -0.25) is 14.3 Å². The van der Waals surface area contributed by atoms with E-state index in [1.54, 1.807) is 14.0 Å². The van der Waals surface area contributed by atoms with E-state index in [9.17, 15) is 35.9 Å². The summed E-state index contributed by atoms with van der Waals surface area (Å²) in [4.78, 5) is 33.4. The van der Waals surface area contributed by atoms with Crippen LogP contribution in [0.25, 0.3) is 27.0 Å². The minimum absolute atomic E-state index is 0.0228. The SMILES string of the molecule is Cc1c(-c2cc(C(F)(F)F)nc3sc(C(N)=O)c(NC(=O)c4cnn5c(C(F)(F)F)cc(C6CC6)nc45)c23)cnn1C. The third kappa shape index (κ3) is 4.53. The highest BCUT2D eigenvalue weighted by Gasteiger charge is 2.39. The van der Waals surface area contributed by atoms with Gasteiger partial charge in [-0.15, -0.1) is 11.3 Å². The van der Waals surface area contributed by atoms with Crippen LogP contribution in [0.15, 0.2) is 24.5 Å². The van der Waals surface area contributed by atoms with E-state index in [2.05, 4.69) is 25.5 Å². The average Bonchev–Trinajstić information content (AvgIpc) is 3.44. The van der Waals surface area contributed by atoms with Crippen LogP contribution in [0.3, 0.4) is 0 Å². The van der Waals surface area contributed by atoms with Crippen molar-refractivity contribution in [2.24, 2.45) is 12.8 Å². The standard InChI is InChI=1S/C25H18F6N8O2S/c1-9-12(7-33-38(9)2)11-5-15(24(26,27)28)36-23-17(11)18(19(42-23)20(32)40)37-22(41)13-8-34-39-16(25(29,30)31)6-14(10-3-4-10)35-21(13)39/h5-8,10H,3-4H2,1-2H3,(H2,32,40)(H,37,41). The number of carbonyl (C=O) groups excluding carboxylic acids is 2. The number of rotatable bonds is 5. The van der Waals surface area contributed by atoms with Gasteiger partial charge in [-0.25, -0.2) is 14.5 Å². The Kier molecular flexibility index (Phi) is 6.07. The summed E-state index contributed by atoms with van der Waals surface area (Å²) >= 11 is 0.534. The Morgan fingerprint density at radius 2 is 1.74 bits per heavy atom. The first-order valence-corrected chi connectivity index (χ1v) is 13.1. The van der Waals surface area contributed by atoms with Crippen molar-refractivity contribution in [1.29, 1.82) is 0 Å². The lowest BCUT2D eigenvalue weighted by Gasteiger charge is -2.12. The summed E-state index contributed by atoms with van der Waals surface area (Å²) in [6, 6.07) is 1.66. The molecule has 1 saturated carbocycles. The lowest BCUT2D eigenvalue weighted by atomic mass is 10.0. The quantitative estimate of drug-likeness (QED) is 0.260. The molecule has 17 heteroatoms. The smallest absolute Gasteiger partial charge is 0.365 e. The van der Waals surface area contributed by atoms with Crippen molar-refractivity contribution in [3.8, 4) is 11.1 Å². The molecule has 42 heavy (non-hydrogen) atoms. The van der Waals surface area contributed by atoms with Crippen molar-refractivity contribution in [2.75, 3.05) is 5.32 Å². The molecular weight excluding hydrogens is 590 g/mol. The van der Waals surface area contributed by atoms with Crippen LogP contribution in [0.5, 0.6) is 0 Å². The van der Waals surface area contributed by atoms with Gasteiger partial charge < -0.3 is 11.1 Å². The Hall–Kier alpha value is -4.54. The summed E-state index contributed by atoms with van der Waals surface area (Å²) in [5.74, 6) is -2.26.